The van der Waals surface area contributed by atoms with E-state index in [4.69, 9.17) is 0 Å². The van der Waals surface area contributed by atoms with Crippen LogP contribution in [-0.2, 0) is 4.79 Å². The quantitative estimate of drug-likeness (QED) is 0.0375. The van der Waals surface area contributed by atoms with Crippen LogP contribution >= 0.6 is 0 Å². The van der Waals surface area contributed by atoms with Crippen molar-refractivity contribution >= 4 is 5.91 Å². The number of carbonyl (C=O) groups excluding carboxylic acids is 1. The number of aliphatic hydroxyl groups is 3. The van der Waals surface area contributed by atoms with Crippen molar-refractivity contribution in [1.82, 2.24) is 5.32 Å². The molecule has 0 aliphatic rings. The maximum atomic E-state index is 12.4. The maximum Gasteiger partial charge on any atom is 0.222 e. The maximum absolute atomic E-state index is 12.4. The average molecular weight is 718 g/mol. The molecular formula is C46H87NO4. The summed E-state index contributed by atoms with van der Waals surface area (Å²) in [5.41, 5.74) is 0. The highest BCUT2D eigenvalue weighted by molar-refractivity contribution is 5.76. The van der Waals surface area contributed by atoms with Crippen LogP contribution in [0.2, 0.25) is 0 Å². The van der Waals surface area contributed by atoms with Crippen molar-refractivity contribution < 1.29 is 20.1 Å². The molecule has 0 aromatic rings. The largest absolute Gasteiger partial charge is 0.394 e. The minimum absolute atomic E-state index is 0.0106. The van der Waals surface area contributed by atoms with E-state index >= 15 is 0 Å². The summed E-state index contributed by atoms with van der Waals surface area (Å²) in [7, 11) is 0. The van der Waals surface area contributed by atoms with Gasteiger partial charge in [0, 0.05) is 0 Å². The molecular weight excluding hydrogens is 631 g/mol. The molecule has 3 unspecified atom stereocenters. The monoisotopic (exact) mass is 718 g/mol. The molecule has 0 bridgehead atoms. The zero-order valence-electron chi connectivity index (χ0n) is 34.0. The molecule has 51 heavy (non-hydrogen) atoms. The van der Waals surface area contributed by atoms with Gasteiger partial charge in [0.15, 0.2) is 0 Å². The van der Waals surface area contributed by atoms with Crippen molar-refractivity contribution in [2.45, 2.75) is 244 Å². The van der Waals surface area contributed by atoms with E-state index in [9.17, 15) is 20.1 Å². The number of aliphatic hydroxyl groups excluding tert-OH is 3. The average Bonchev–Trinajstić information content (AvgIpc) is 3.12. The van der Waals surface area contributed by atoms with Crippen LogP contribution in [0.5, 0.6) is 0 Å². The molecule has 0 fully saturated rings. The Hall–Kier alpha value is -1.43. The van der Waals surface area contributed by atoms with Crippen LogP contribution in [0.4, 0.5) is 0 Å². The smallest absolute Gasteiger partial charge is 0.222 e. The van der Waals surface area contributed by atoms with Gasteiger partial charge in [-0.05, 0) is 51.4 Å². The number of hydrogen-bond donors (Lipinski definition) is 4. The Balaban J connectivity index is 3.62. The minimum Gasteiger partial charge on any atom is -0.394 e. The van der Waals surface area contributed by atoms with Gasteiger partial charge in [0.25, 0.3) is 0 Å². The number of nitrogens with one attached hydrogen (secondary N) is 1. The number of rotatable bonds is 40. The van der Waals surface area contributed by atoms with Crippen LogP contribution in [0.25, 0.3) is 0 Å². The molecule has 0 rings (SSSR count). The van der Waals surface area contributed by atoms with Gasteiger partial charge < -0.3 is 20.6 Å². The van der Waals surface area contributed by atoms with Gasteiger partial charge in [-0.3, -0.25) is 4.79 Å². The number of amides is 1. The van der Waals surface area contributed by atoms with Crippen LogP contribution in [0.3, 0.4) is 0 Å². The molecule has 5 nitrogen and oxygen atoms in total. The molecule has 3 atom stereocenters. The van der Waals surface area contributed by atoms with E-state index in [1.54, 1.807) is 6.08 Å². The van der Waals surface area contributed by atoms with Crippen LogP contribution in [0.1, 0.15) is 226 Å². The standard InChI is InChI=1S/C46H87NO4/c1-3-5-7-9-11-13-15-16-17-18-19-20-21-22-23-24-25-26-27-28-30-31-33-35-37-39-43(49)41-46(51)47-44(42-48)45(50)40-38-36-34-32-29-14-12-10-8-6-4-2/h19-20,22-23,38,40,43-45,48-50H,3-18,21,24-37,39,41-42H2,1-2H3,(H,47,51)/b20-19-,23-22-,40-38+. The fraction of sp³-hybridized carbons (Fsp3) is 0.848. The Bertz CT molecular complexity index is 794. The van der Waals surface area contributed by atoms with Crippen molar-refractivity contribution in [3.63, 3.8) is 0 Å². The van der Waals surface area contributed by atoms with Crippen molar-refractivity contribution in [3.05, 3.63) is 36.5 Å². The van der Waals surface area contributed by atoms with Crippen LogP contribution < -0.4 is 5.32 Å². The minimum atomic E-state index is -0.928. The number of hydrogen-bond acceptors (Lipinski definition) is 4. The molecule has 0 spiro atoms. The molecule has 0 saturated carbocycles. The van der Waals surface area contributed by atoms with Crippen molar-refractivity contribution in [1.29, 1.82) is 0 Å². The third-order valence-corrected chi connectivity index (χ3v) is 10.2. The van der Waals surface area contributed by atoms with Crippen LogP contribution in [-0.4, -0.2) is 46.1 Å². The normalized spacial score (nSPS) is 13.9. The Kier molecular flexibility index (Phi) is 40.2. The van der Waals surface area contributed by atoms with E-state index in [-0.39, 0.29) is 18.9 Å². The molecule has 1 amide bonds. The Morgan fingerprint density at radius 1 is 0.510 bits per heavy atom. The van der Waals surface area contributed by atoms with Gasteiger partial charge in [0.05, 0.1) is 31.3 Å². The molecule has 0 aromatic heterocycles. The van der Waals surface area contributed by atoms with Gasteiger partial charge in [-0.15, -0.1) is 0 Å². The number of carbonyl (C=O) groups is 1. The summed E-state index contributed by atoms with van der Waals surface area (Å²) in [6, 6.07) is -0.744. The highest BCUT2D eigenvalue weighted by atomic mass is 16.3. The molecule has 4 N–H and O–H groups in total. The summed E-state index contributed by atoms with van der Waals surface area (Å²) in [6.45, 7) is 4.20. The molecule has 0 aromatic carbocycles. The molecule has 300 valence electrons. The highest BCUT2D eigenvalue weighted by Gasteiger charge is 2.20. The summed E-state index contributed by atoms with van der Waals surface area (Å²) in [5.74, 6) is -0.320. The molecule has 0 aliphatic carbocycles. The summed E-state index contributed by atoms with van der Waals surface area (Å²) < 4.78 is 0. The number of allylic oxidation sites excluding steroid dienone is 5. The van der Waals surface area contributed by atoms with Gasteiger partial charge >= 0.3 is 0 Å². The zero-order valence-corrected chi connectivity index (χ0v) is 34.0. The molecule has 0 radical (unpaired) electrons. The van der Waals surface area contributed by atoms with Crippen molar-refractivity contribution in [2.24, 2.45) is 0 Å². The predicted molar refractivity (Wildman–Crippen MR) is 222 cm³/mol. The first kappa shape index (κ1) is 49.6. The summed E-state index contributed by atoms with van der Waals surface area (Å²) in [5, 5.41) is 33.1. The molecule has 5 heteroatoms. The fourth-order valence-electron chi connectivity index (χ4n) is 6.72. The second kappa shape index (κ2) is 41.3. The highest BCUT2D eigenvalue weighted by Crippen LogP contribution is 2.15. The fourth-order valence-corrected chi connectivity index (χ4v) is 6.72. The second-order valence-corrected chi connectivity index (χ2v) is 15.3. The lowest BCUT2D eigenvalue weighted by atomic mass is 10.0. The van der Waals surface area contributed by atoms with Gasteiger partial charge in [-0.1, -0.05) is 204 Å². The van der Waals surface area contributed by atoms with E-state index in [0.717, 1.165) is 32.1 Å². The lowest BCUT2D eigenvalue weighted by molar-refractivity contribution is -0.124. The Morgan fingerprint density at radius 3 is 1.29 bits per heavy atom. The third kappa shape index (κ3) is 38.1. The first-order valence-electron chi connectivity index (χ1n) is 22.3. The third-order valence-electron chi connectivity index (χ3n) is 10.2. The van der Waals surface area contributed by atoms with Gasteiger partial charge in [-0.25, -0.2) is 0 Å². The topological polar surface area (TPSA) is 89.8 Å². The Labute approximate surface area is 317 Å². The van der Waals surface area contributed by atoms with E-state index in [2.05, 4.69) is 43.5 Å². The second-order valence-electron chi connectivity index (χ2n) is 15.3. The summed E-state index contributed by atoms with van der Waals surface area (Å²) in [6.07, 6.45) is 51.5. The summed E-state index contributed by atoms with van der Waals surface area (Å²) in [4.78, 5) is 12.4. The van der Waals surface area contributed by atoms with E-state index in [1.165, 1.54) is 167 Å². The van der Waals surface area contributed by atoms with Gasteiger partial charge in [-0.2, -0.15) is 0 Å². The van der Waals surface area contributed by atoms with E-state index < -0.39 is 18.2 Å². The molecule has 0 saturated heterocycles. The lowest BCUT2D eigenvalue weighted by Crippen LogP contribution is -2.45. The predicted octanol–water partition coefficient (Wildman–Crippen LogP) is 12.8. The van der Waals surface area contributed by atoms with Crippen molar-refractivity contribution in [2.75, 3.05) is 6.61 Å². The first-order chi connectivity index (χ1) is 25.0. The van der Waals surface area contributed by atoms with Crippen molar-refractivity contribution in [3.8, 4) is 0 Å². The van der Waals surface area contributed by atoms with Crippen LogP contribution in [0.15, 0.2) is 36.5 Å². The Morgan fingerprint density at radius 2 is 0.882 bits per heavy atom. The van der Waals surface area contributed by atoms with Gasteiger partial charge in [0.1, 0.15) is 0 Å². The van der Waals surface area contributed by atoms with Crippen LogP contribution in [0, 0.1) is 0 Å². The summed E-state index contributed by atoms with van der Waals surface area (Å²) >= 11 is 0. The lowest BCUT2D eigenvalue weighted by Gasteiger charge is -2.21. The SMILES string of the molecule is CCCCCCCCCCC/C=C\C/C=C\CCCCCCCCCCCC(O)CC(=O)NC(CO)C(O)/C=C/CCCCCCCCCCC. The molecule has 0 aliphatic heterocycles. The van der Waals surface area contributed by atoms with E-state index in [1.807, 2.05) is 6.08 Å². The first-order valence-corrected chi connectivity index (χ1v) is 22.3. The van der Waals surface area contributed by atoms with E-state index in [0.29, 0.717) is 6.42 Å². The zero-order chi connectivity index (χ0) is 37.3. The molecule has 0 heterocycles. The van der Waals surface area contributed by atoms with Gasteiger partial charge in [0.2, 0.25) is 5.91 Å². The number of unbranched alkanes of at least 4 members (excludes halogenated alkanes) is 27.